The van der Waals surface area contributed by atoms with Crippen molar-refractivity contribution in [2.24, 2.45) is 0 Å². The highest BCUT2D eigenvalue weighted by molar-refractivity contribution is 6.30. The molecule has 0 unspecified atom stereocenters. The Kier molecular flexibility index (Phi) is 6.31. The lowest BCUT2D eigenvalue weighted by atomic mass is 10.1. The van der Waals surface area contributed by atoms with Gasteiger partial charge >= 0.3 is 6.03 Å². The first-order valence-corrected chi connectivity index (χ1v) is 11.5. The highest BCUT2D eigenvalue weighted by Crippen LogP contribution is 2.23. The number of benzene rings is 1. The minimum atomic E-state index is -0.161. The number of hydrogen-bond acceptors (Lipinski definition) is 6. The third-order valence-corrected chi connectivity index (χ3v) is 6.26. The largest absolute Gasteiger partial charge is 0.473 e. The van der Waals surface area contributed by atoms with Crippen LogP contribution in [0.1, 0.15) is 12.8 Å². The highest BCUT2D eigenvalue weighted by Gasteiger charge is 2.33. The van der Waals surface area contributed by atoms with E-state index in [2.05, 4.69) is 15.3 Å². The van der Waals surface area contributed by atoms with Gasteiger partial charge in [-0.2, -0.15) is 5.10 Å². The maximum Gasteiger partial charge on any atom is 0.325 e. The van der Waals surface area contributed by atoms with Gasteiger partial charge < -0.3 is 14.5 Å². The van der Waals surface area contributed by atoms with Crippen molar-refractivity contribution in [3.63, 3.8) is 0 Å². The molecule has 1 aromatic carbocycles. The van der Waals surface area contributed by atoms with Crippen LogP contribution in [-0.4, -0.2) is 80.5 Å². The maximum atomic E-state index is 12.8. The molecule has 0 saturated carbocycles. The predicted octanol–water partition coefficient (Wildman–Crippen LogP) is 2.63. The lowest BCUT2D eigenvalue weighted by Gasteiger charge is -2.32. The van der Waals surface area contributed by atoms with E-state index in [1.165, 1.54) is 0 Å². The second-order valence-electron chi connectivity index (χ2n) is 8.21. The van der Waals surface area contributed by atoms with Crippen LogP contribution in [0.3, 0.4) is 0 Å². The van der Waals surface area contributed by atoms with Gasteiger partial charge in [-0.15, -0.1) is 10.2 Å². The Bertz CT molecular complexity index is 1130. The Morgan fingerprint density at radius 3 is 2.50 bits per heavy atom. The fraction of sp³-hybridized carbons (Fsp3) is 0.348. The van der Waals surface area contributed by atoms with E-state index in [1.807, 2.05) is 18.2 Å². The summed E-state index contributed by atoms with van der Waals surface area (Å²) in [5.74, 6) is 1.02. The first-order chi connectivity index (χ1) is 16.6. The molecule has 176 valence electrons. The summed E-state index contributed by atoms with van der Waals surface area (Å²) >= 11 is 5.94. The minimum absolute atomic E-state index is 0.0391. The molecule has 2 fully saturated rings. The van der Waals surface area contributed by atoms with Crippen LogP contribution in [0.2, 0.25) is 5.02 Å². The van der Waals surface area contributed by atoms with E-state index in [1.54, 1.807) is 56.0 Å². The van der Waals surface area contributed by atoms with Crippen LogP contribution in [0.25, 0.3) is 5.82 Å². The number of amides is 3. The number of urea groups is 1. The Morgan fingerprint density at radius 1 is 1.03 bits per heavy atom. The fourth-order valence-electron chi connectivity index (χ4n) is 4.15. The lowest BCUT2D eigenvalue weighted by Crippen LogP contribution is -2.47. The number of ether oxygens (including phenoxy) is 1. The van der Waals surface area contributed by atoms with Gasteiger partial charge in [-0.25, -0.2) is 9.48 Å². The lowest BCUT2D eigenvalue weighted by molar-refractivity contribution is -0.133. The topological polar surface area (TPSA) is 96.7 Å². The van der Waals surface area contributed by atoms with Gasteiger partial charge in [-0.05, 0) is 36.4 Å². The molecular formula is C23H24ClN7O3. The average Bonchev–Trinajstić information content (AvgIpc) is 3.52. The van der Waals surface area contributed by atoms with Crippen molar-refractivity contribution in [2.75, 3.05) is 37.6 Å². The normalized spacial score (nSPS) is 16.9. The molecule has 0 spiro atoms. The van der Waals surface area contributed by atoms with Gasteiger partial charge in [0.25, 0.3) is 0 Å². The van der Waals surface area contributed by atoms with E-state index in [0.29, 0.717) is 55.7 Å². The van der Waals surface area contributed by atoms with Gasteiger partial charge in [0, 0.05) is 68.2 Å². The van der Waals surface area contributed by atoms with Crippen LogP contribution in [-0.2, 0) is 4.79 Å². The van der Waals surface area contributed by atoms with Crippen LogP contribution in [0, 0.1) is 0 Å². The number of piperidine rings is 1. The van der Waals surface area contributed by atoms with Gasteiger partial charge in [0.05, 0.1) is 0 Å². The molecule has 3 amide bonds. The van der Waals surface area contributed by atoms with Crippen molar-refractivity contribution in [1.29, 1.82) is 0 Å². The average molecular weight is 482 g/mol. The molecule has 0 bridgehead atoms. The maximum absolute atomic E-state index is 12.8. The third-order valence-electron chi connectivity index (χ3n) is 6.01. The van der Waals surface area contributed by atoms with E-state index < -0.39 is 0 Å². The van der Waals surface area contributed by atoms with Crippen LogP contribution < -0.4 is 9.64 Å². The van der Waals surface area contributed by atoms with Crippen LogP contribution in [0.4, 0.5) is 10.5 Å². The first-order valence-electron chi connectivity index (χ1n) is 11.2. The molecule has 0 radical (unpaired) electrons. The van der Waals surface area contributed by atoms with E-state index in [9.17, 15) is 9.59 Å². The zero-order valence-corrected chi connectivity index (χ0v) is 19.2. The summed E-state index contributed by atoms with van der Waals surface area (Å²) in [5, 5.41) is 13.0. The monoisotopic (exact) mass is 481 g/mol. The molecule has 2 aromatic heterocycles. The minimum Gasteiger partial charge on any atom is -0.473 e. The molecule has 34 heavy (non-hydrogen) atoms. The number of nitrogens with zero attached hydrogens (tertiary/aromatic N) is 7. The molecule has 2 aliphatic rings. The predicted molar refractivity (Wildman–Crippen MR) is 125 cm³/mol. The van der Waals surface area contributed by atoms with Gasteiger partial charge in [-0.3, -0.25) is 9.69 Å². The van der Waals surface area contributed by atoms with Crippen molar-refractivity contribution < 1.29 is 14.3 Å². The Balaban J connectivity index is 1.09. The molecule has 11 heteroatoms. The van der Waals surface area contributed by atoms with Crippen molar-refractivity contribution in [3.05, 3.63) is 59.9 Å². The van der Waals surface area contributed by atoms with Crippen LogP contribution in [0.5, 0.6) is 5.88 Å². The van der Waals surface area contributed by atoms with E-state index in [-0.39, 0.29) is 24.6 Å². The molecule has 0 N–H and O–H groups in total. The summed E-state index contributed by atoms with van der Waals surface area (Å²) in [7, 11) is 0. The fourth-order valence-corrected chi connectivity index (χ4v) is 4.28. The number of carbonyl (C=O) groups excluding carboxylic acids is 2. The molecule has 10 nitrogen and oxygen atoms in total. The SMILES string of the molecule is O=C(CN1CCN(c2ccc(Cl)cc2)C1=O)N1CCC(Oc2ccc(-n3cccn3)nn2)CC1. The summed E-state index contributed by atoms with van der Waals surface area (Å²) in [6.45, 7) is 2.29. The molecule has 2 aliphatic heterocycles. The summed E-state index contributed by atoms with van der Waals surface area (Å²) in [4.78, 5) is 30.7. The van der Waals surface area contributed by atoms with Gasteiger partial charge in [-0.1, -0.05) is 11.6 Å². The van der Waals surface area contributed by atoms with Gasteiger partial charge in [0.15, 0.2) is 5.82 Å². The summed E-state index contributed by atoms with van der Waals surface area (Å²) < 4.78 is 7.58. The van der Waals surface area contributed by atoms with Crippen molar-refractivity contribution in [1.82, 2.24) is 29.8 Å². The van der Waals surface area contributed by atoms with Crippen LogP contribution in [0.15, 0.2) is 54.9 Å². The van der Waals surface area contributed by atoms with E-state index >= 15 is 0 Å². The molecular weight excluding hydrogens is 458 g/mol. The number of halogens is 1. The van der Waals surface area contributed by atoms with Crippen molar-refractivity contribution in [2.45, 2.75) is 18.9 Å². The standard InChI is InChI=1S/C23H24ClN7O3/c24-17-2-4-18(5-3-17)30-15-14-29(23(30)33)16-22(32)28-12-8-19(9-13-28)34-21-7-6-20(26-27-21)31-11-1-10-25-31/h1-7,10-11,19H,8-9,12-16H2. The number of anilines is 1. The number of carbonyl (C=O) groups is 2. The van der Waals surface area contributed by atoms with Crippen LogP contribution >= 0.6 is 11.6 Å². The zero-order valence-electron chi connectivity index (χ0n) is 18.5. The van der Waals surface area contributed by atoms with Crippen molar-refractivity contribution >= 4 is 29.2 Å². The second kappa shape index (κ2) is 9.68. The summed E-state index contributed by atoms with van der Waals surface area (Å²) in [5.41, 5.74) is 0.781. The van der Waals surface area contributed by atoms with Gasteiger partial charge in [0.2, 0.25) is 11.8 Å². The van der Waals surface area contributed by atoms with E-state index in [0.717, 1.165) is 5.69 Å². The van der Waals surface area contributed by atoms with Crippen molar-refractivity contribution in [3.8, 4) is 11.7 Å². The number of likely N-dealkylation sites (tertiary alicyclic amines) is 1. The molecule has 0 aliphatic carbocycles. The second-order valence-corrected chi connectivity index (χ2v) is 8.65. The zero-order chi connectivity index (χ0) is 23.5. The molecule has 0 atom stereocenters. The first kappa shape index (κ1) is 22.1. The van der Waals surface area contributed by atoms with Gasteiger partial charge in [0.1, 0.15) is 12.6 Å². The molecule has 2 saturated heterocycles. The Labute approximate surface area is 201 Å². The number of rotatable bonds is 6. The quantitative estimate of drug-likeness (QED) is 0.537. The highest BCUT2D eigenvalue weighted by atomic mass is 35.5. The van der Waals surface area contributed by atoms with E-state index in [4.69, 9.17) is 16.3 Å². The molecule has 5 rings (SSSR count). The molecule has 3 aromatic rings. The smallest absolute Gasteiger partial charge is 0.325 e. The Hall–Kier alpha value is -3.66. The number of aromatic nitrogens is 4. The third kappa shape index (κ3) is 4.81. The number of hydrogen-bond donors (Lipinski definition) is 0. The summed E-state index contributed by atoms with van der Waals surface area (Å²) in [6.07, 6.45) is 4.82. The Morgan fingerprint density at radius 2 is 1.82 bits per heavy atom. The molecule has 4 heterocycles. The summed E-state index contributed by atoms with van der Waals surface area (Å²) in [6, 6.07) is 12.4.